The lowest BCUT2D eigenvalue weighted by Crippen LogP contribution is -2.42. The molecular weight excluding hydrogens is 344 g/mol. The number of nitrogens with zero attached hydrogens (tertiary/aromatic N) is 1. The Morgan fingerprint density at radius 2 is 1.92 bits per heavy atom. The second-order valence-electron chi connectivity index (χ2n) is 6.08. The summed E-state index contributed by atoms with van der Waals surface area (Å²) in [4.78, 5) is 24.1. The molecule has 0 radical (unpaired) electrons. The molecule has 0 bridgehead atoms. The van der Waals surface area contributed by atoms with Crippen molar-refractivity contribution in [3.63, 3.8) is 0 Å². The fraction of sp³-hybridized carbons (Fsp3) is 0.529. The third-order valence-corrected chi connectivity index (χ3v) is 6.38. The quantitative estimate of drug-likeness (QED) is 0.800. The molecule has 1 N–H and O–H groups in total. The van der Waals surface area contributed by atoms with Crippen LogP contribution in [0.1, 0.15) is 35.7 Å². The topological polar surface area (TPSA) is 92.8 Å². The van der Waals surface area contributed by atoms with E-state index in [9.17, 15) is 18.0 Å². The van der Waals surface area contributed by atoms with Crippen molar-refractivity contribution in [2.45, 2.75) is 26.7 Å². The largest absolute Gasteiger partial charge is 0.465 e. The third kappa shape index (κ3) is 4.58. The zero-order chi connectivity index (χ0) is 18.6. The Morgan fingerprint density at radius 1 is 1.28 bits per heavy atom. The van der Waals surface area contributed by atoms with Gasteiger partial charge in [0.15, 0.2) is 0 Å². The molecule has 1 aromatic rings. The van der Waals surface area contributed by atoms with Crippen LogP contribution >= 0.6 is 0 Å². The fourth-order valence-corrected chi connectivity index (χ4v) is 3.95. The van der Waals surface area contributed by atoms with Crippen LogP contribution in [-0.4, -0.2) is 50.6 Å². The summed E-state index contributed by atoms with van der Waals surface area (Å²) in [6, 6.07) is 4.99. The number of amides is 1. The highest BCUT2D eigenvalue weighted by Crippen LogP contribution is 2.23. The zero-order valence-electron chi connectivity index (χ0n) is 14.7. The molecule has 0 saturated carbocycles. The van der Waals surface area contributed by atoms with E-state index in [1.54, 1.807) is 25.1 Å². The van der Waals surface area contributed by atoms with Gasteiger partial charge in [-0.25, -0.2) is 17.5 Å². The van der Waals surface area contributed by atoms with E-state index in [4.69, 9.17) is 4.74 Å². The molecule has 0 aromatic heterocycles. The van der Waals surface area contributed by atoms with Gasteiger partial charge in [0.25, 0.3) is 0 Å². The number of nitrogens with one attached hydrogen (secondary N) is 1. The van der Waals surface area contributed by atoms with Crippen LogP contribution in [0.3, 0.4) is 0 Å². The molecule has 1 aromatic carbocycles. The number of anilines is 1. The highest BCUT2D eigenvalue weighted by Gasteiger charge is 2.30. The first-order valence-corrected chi connectivity index (χ1v) is 9.87. The molecule has 1 saturated heterocycles. The first kappa shape index (κ1) is 19.4. The molecule has 1 aliphatic heterocycles. The summed E-state index contributed by atoms with van der Waals surface area (Å²) in [6.07, 6.45) is 0.974. The van der Waals surface area contributed by atoms with Crippen molar-refractivity contribution in [2.24, 2.45) is 5.92 Å². The van der Waals surface area contributed by atoms with Crippen LogP contribution in [0.4, 0.5) is 5.69 Å². The maximum absolute atomic E-state index is 12.5. The first-order chi connectivity index (χ1) is 11.8. The molecule has 2 rings (SSSR count). The van der Waals surface area contributed by atoms with Gasteiger partial charge in [-0.1, -0.05) is 6.07 Å². The molecule has 1 aliphatic rings. The Balaban J connectivity index is 2.03. The minimum Gasteiger partial charge on any atom is -0.465 e. The summed E-state index contributed by atoms with van der Waals surface area (Å²) in [5.74, 6) is -0.791. The number of hydrogen-bond acceptors (Lipinski definition) is 5. The SMILES string of the molecule is CCS(=O)(=O)N1CCC(C(=O)Nc2cc(C(=O)OC)ccc2C)CC1. The molecule has 0 spiro atoms. The number of aryl methyl sites for hydroxylation is 1. The van der Waals surface area contributed by atoms with Crippen molar-refractivity contribution >= 4 is 27.6 Å². The summed E-state index contributed by atoms with van der Waals surface area (Å²) in [5, 5.41) is 2.85. The van der Waals surface area contributed by atoms with Crippen molar-refractivity contribution in [3.8, 4) is 0 Å². The van der Waals surface area contributed by atoms with Gasteiger partial charge in [0.2, 0.25) is 15.9 Å². The van der Waals surface area contributed by atoms with Crippen molar-refractivity contribution in [1.29, 1.82) is 0 Å². The number of hydrogen-bond donors (Lipinski definition) is 1. The lowest BCUT2D eigenvalue weighted by Gasteiger charge is -2.30. The standard InChI is InChI=1S/C17H24N2O5S/c1-4-25(22,23)19-9-7-13(8-10-19)16(20)18-15-11-14(17(21)24-3)6-5-12(15)2/h5-6,11,13H,4,7-10H2,1-3H3,(H,18,20). The fourth-order valence-electron chi connectivity index (χ4n) is 2.82. The van der Waals surface area contributed by atoms with Crippen molar-refractivity contribution in [3.05, 3.63) is 29.3 Å². The molecule has 1 heterocycles. The Morgan fingerprint density at radius 3 is 2.48 bits per heavy atom. The molecule has 138 valence electrons. The van der Waals surface area contributed by atoms with Gasteiger partial charge < -0.3 is 10.1 Å². The maximum Gasteiger partial charge on any atom is 0.337 e. The van der Waals surface area contributed by atoms with Gasteiger partial charge >= 0.3 is 5.97 Å². The van der Waals surface area contributed by atoms with Crippen LogP contribution in [0.2, 0.25) is 0 Å². The van der Waals surface area contributed by atoms with Gasteiger partial charge in [-0.3, -0.25) is 4.79 Å². The number of rotatable bonds is 5. The summed E-state index contributed by atoms with van der Waals surface area (Å²) in [7, 11) is -1.90. The number of benzene rings is 1. The number of sulfonamides is 1. The van der Waals surface area contributed by atoms with Gasteiger partial charge in [-0.05, 0) is 44.4 Å². The van der Waals surface area contributed by atoms with E-state index in [-0.39, 0.29) is 17.6 Å². The number of ether oxygens (including phenoxy) is 1. The van der Waals surface area contributed by atoms with Gasteiger partial charge in [0.05, 0.1) is 18.4 Å². The molecule has 0 atom stereocenters. The Kier molecular flexibility index (Phi) is 6.18. The van der Waals surface area contributed by atoms with E-state index in [0.29, 0.717) is 37.2 Å². The Bertz CT molecular complexity index is 752. The molecule has 1 fully saturated rings. The molecule has 0 aliphatic carbocycles. The lowest BCUT2D eigenvalue weighted by atomic mass is 9.97. The Labute approximate surface area is 148 Å². The summed E-state index contributed by atoms with van der Waals surface area (Å²) < 4.78 is 29.9. The first-order valence-electron chi connectivity index (χ1n) is 8.26. The van der Waals surface area contributed by atoms with E-state index >= 15 is 0 Å². The predicted octanol–water partition coefficient (Wildman–Crippen LogP) is 1.78. The minimum atomic E-state index is -3.20. The van der Waals surface area contributed by atoms with Gasteiger partial charge in [-0.2, -0.15) is 0 Å². The van der Waals surface area contributed by atoms with E-state index in [2.05, 4.69) is 5.32 Å². The summed E-state index contributed by atoms with van der Waals surface area (Å²) in [5.41, 5.74) is 1.77. The molecular formula is C17H24N2O5S. The maximum atomic E-state index is 12.5. The van der Waals surface area contributed by atoms with Gasteiger partial charge in [-0.15, -0.1) is 0 Å². The summed E-state index contributed by atoms with van der Waals surface area (Å²) in [6.45, 7) is 4.17. The highest BCUT2D eigenvalue weighted by atomic mass is 32.2. The number of methoxy groups -OCH3 is 1. The number of carbonyl (C=O) groups excluding carboxylic acids is 2. The number of esters is 1. The zero-order valence-corrected chi connectivity index (χ0v) is 15.6. The third-order valence-electron chi connectivity index (χ3n) is 4.50. The molecule has 7 nitrogen and oxygen atoms in total. The van der Waals surface area contributed by atoms with Gasteiger partial charge in [0, 0.05) is 24.7 Å². The molecule has 1 amide bonds. The summed E-state index contributed by atoms with van der Waals surface area (Å²) >= 11 is 0. The van der Waals surface area contributed by atoms with E-state index in [1.165, 1.54) is 11.4 Å². The molecule has 8 heteroatoms. The highest BCUT2D eigenvalue weighted by molar-refractivity contribution is 7.89. The lowest BCUT2D eigenvalue weighted by molar-refractivity contribution is -0.120. The van der Waals surface area contributed by atoms with Crippen LogP contribution in [0.15, 0.2) is 18.2 Å². The average molecular weight is 368 g/mol. The van der Waals surface area contributed by atoms with Gasteiger partial charge in [0.1, 0.15) is 0 Å². The normalized spacial score (nSPS) is 16.4. The van der Waals surface area contributed by atoms with Crippen LogP contribution < -0.4 is 5.32 Å². The van der Waals surface area contributed by atoms with Crippen molar-refractivity contribution in [1.82, 2.24) is 4.31 Å². The predicted molar refractivity (Wildman–Crippen MR) is 94.9 cm³/mol. The molecule has 25 heavy (non-hydrogen) atoms. The monoisotopic (exact) mass is 368 g/mol. The smallest absolute Gasteiger partial charge is 0.337 e. The van der Waals surface area contributed by atoms with Crippen molar-refractivity contribution in [2.75, 3.05) is 31.3 Å². The van der Waals surface area contributed by atoms with Crippen LogP contribution in [0.25, 0.3) is 0 Å². The van der Waals surface area contributed by atoms with E-state index in [1.807, 2.05) is 6.92 Å². The Hall–Kier alpha value is -1.93. The number of piperidine rings is 1. The second-order valence-corrected chi connectivity index (χ2v) is 8.34. The van der Waals surface area contributed by atoms with E-state index < -0.39 is 16.0 Å². The van der Waals surface area contributed by atoms with Crippen molar-refractivity contribution < 1.29 is 22.7 Å². The number of carbonyl (C=O) groups is 2. The minimum absolute atomic E-state index is 0.0728. The van der Waals surface area contributed by atoms with Crippen LogP contribution in [-0.2, 0) is 19.6 Å². The van der Waals surface area contributed by atoms with Crippen LogP contribution in [0.5, 0.6) is 0 Å². The van der Waals surface area contributed by atoms with E-state index in [0.717, 1.165) is 5.56 Å². The second kappa shape index (κ2) is 7.97. The average Bonchev–Trinajstić information content (AvgIpc) is 2.62. The molecule has 0 unspecified atom stereocenters. The van der Waals surface area contributed by atoms with Crippen LogP contribution in [0, 0.1) is 12.8 Å².